The average molecular weight is 167 g/mol. The van der Waals surface area contributed by atoms with Crippen LogP contribution in [-0.4, -0.2) is 11.9 Å². The van der Waals surface area contributed by atoms with Crippen LogP contribution >= 0.6 is 0 Å². The summed E-state index contributed by atoms with van der Waals surface area (Å²) < 4.78 is 0. The molecule has 0 aromatic carbocycles. The first-order valence-corrected chi connectivity index (χ1v) is 5.08. The largest absolute Gasteiger partial charge is 0.353 e. The second-order valence-corrected chi connectivity index (χ2v) is 4.26. The molecular weight excluding hydrogens is 150 g/mol. The molecule has 0 aromatic rings. The molecule has 2 aliphatic carbocycles. The summed E-state index contributed by atoms with van der Waals surface area (Å²) in [5, 5.41) is 3.10. The fourth-order valence-corrected chi connectivity index (χ4v) is 1.70. The van der Waals surface area contributed by atoms with Crippen molar-refractivity contribution in [2.75, 3.05) is 0 Å². The highest BCUT2D eigenvalue weighted by atomic mass is 16.1. The number of amides is 1. The molecule has 0 radical (unpaired) electrons. The van der Waals surface area contributed by atoms with E-state index in [1.54, 1.807) is 0 Å². The summed E-state index contributed by atoms with van der Waals surface area (Å²) in [6.07, 6.45) is 6.22. The van der Waals surface area contributed by atoms with Gasteiger partial charge in [0.2, 0.25) is 5.91 Å². The minimum atomic E-state index is 0.269. The molecule has 1 N–H and O–H groups in total. The van der Waals surface area contributed by atoms with Crippen LogP contribution in [0.1, 0.15) is 39.0 Å². The van der Waals surface area contributed by atoms with Gasteiger partial charge in [-0.25, -0.2) is 0 Å². The van der Waals surface area contributed by atoms with Gasteiger partial charge in [0.15, 0.2) is 0 Å². The Morgan fingerprint density at radius 2 is 2.00 bits per heavy atom. The fraction of sp³-hybridized carbons (Fsp3) is 0.900. The van der Waals surface area contributed by atoms with Crippen LogP contribution in [0.5, 0.6) is 0 Å². The van der Waals surface area contributed by atoms with Gasteiger partial charge in [0, 0.05) is 12.0 Å². The van der Waals surface area contributed by atoms with E-state index in [1.165, 1.54) is 32.1 Å². The molecule has 2 rings (SSSR count). The molecule has 2 heteroatoms. The Morgan fingerprint density at radius 3 is 2.42 bits per heavy atom. The molecule has 2 saturated carbocycles. The third-order valence-corrected chi connectivity index (χ3v) is 3.19. The Hall–Kier alpha value is -0.530. The van der Waals surface area contributed by atoms with Crippen LogP contribution in [-0.2, 0) is 4.79 Å². The molecule has 0 saturated heterocycles. The topological polar surface area (TPSA) is 29.1 Å². The lowest BCUT2D eigenvalue weighted by Crippen LogP contribution is -2.42. The van der Waals surface area contributed by atoms with Crippen LogP contribution in [0.2, 0.25) is 0 Å². The van der Waals surface area contributed by atoms with E-state index in [2.05, 4.69) is 12.2 Å². The third-order valence-electron chi connectivity index (χ3n) is 3.19. The highest BCUT2D eigenvalue weighted by Crippen LogP contribution is 2.36. The molecule has 0 aliphatic heterocycles. The predicted octanol–water partition coefficient (Wildman–Crippen LogP) is 1.70. The van der Waals surface area contributed by atoms with Crippen molar-refractivity contribution < 1.29 is 4.79 Å². The van der Waals surface area contributed by atoms with Crippen molar-refractivity contribution in [3.8, 4) is 0 Å². The maximum Gasteiger partial charge on any atom is 0.223 e. The molecule has 0 spiro atoms. The zero-order valence-corrected chi connectivity index (χ0v) is 7.68. The van der Waals surface area contributed by atoms with Gasteiger partial charge in [-0.1, -0.05) is 6.92 Å². The van der Waals surface area contributed by atoms with Crippen molar-refractivity contribution in [3.63, 3.8) is 0 Å². The molecule has 2 nitrogen and oxygen atoms in total. The molecule has 2 aliphatic rings. The van der Waals surface area contributed by atoms with E-state index in [0.717, 1.165) is 0 Å². The van der Waals surface area contributed by atoms with Crippen molar-refractivity contribution in [2.24, 2.45) is 11.8 Å². The van der Waals surface area contributed by atoms with Crippen molar-refractivity contribution in [3.05, 3.63) is 0 Å². The van der Waals surface area contributed by atoms with E-state index in [1.807, 2.05) is 0 Å². The van der Waals surface area contributed by atoms with Crippen molar-refractivity contribution in [2.45, 2.75) is 45.1 Å². The summed E-state index contributed by atoms with van der Waals surface area (Å²) in [5.74, 6) is 1.26. The van der Waals surface area contributed by atoms with E-state index in [4.69, 9.17) is 0 Å². The number of carbonyl (C=O) groups is 1. The lowest BCUT2D eigenvalue weighted by molar-refractivity contribution is -0.126. The fourth-order valence-electron chi connectivity index (χ4n) is 1.70. The Labute approximate surface area is 73.7 Å². The summed E-state index contributed by atoms with van der Waals surface area (Å²) in [4.78, 5) is 11.5. The highest BCUT2D eigenvalue weighted by Gasteiger charge is 2.33. The van der Waals surface area contributed by atoms with Gasteiger partial charge in [-0.2, -0.15) is 0 Å². The summed E-state index contributed by atoms with van der Waals surface area (Å²) in [7, 11) is 0. The molecule has 1 unspecified atom stereocenters. The monoisotopic (exact) mass is 167 g/mol. The Bertz CT molecular complexity index is 182. The Balaban J connectivity index is 1.74. The van der Waals surface area contributed by atoms with Gasteiger partial charge >= 0.3 is 0 Å². The van der Waals surface area contributed by atoms with Gasteiger partial charge in [-0.3, -0.25) is 4.79 Å². The van der Waals surface area contributed by atoms with Crippen LogP contribution in [0.25, 0.3) is 0 Å². The molecule has 1 amide bonds. The molecule has 2 fully saturated rings. The normalized spacial score (nSPS) is 26.1. The van der Waals surface area contributed by atoms with Crippen LogP contribution in [0.15, 0.2) is 0 Å². The van der Waals surface area contributed by atoms with Crippen LogP contribution in [0.4, 0.5) is 0 Å². The van der Waals surface area contributed by atoms with Crippen molar-refractivity contribution in [1.82, 2.24) is 5.32 Å². The first-order chi connectivity index (χ1) is 5.77. The molecule has 1 atom stereocenters. The van der Waals surface area contributed by atoms with Gasteiger partial charge in [-0.05, 0) is 38.0 Å². The first kappa shape index (κ1) is 8.09. The zero-order chi connectivity index (χ0) is 8.55. The molecular formula is C10H17NO. The zero-order valence-electron chi connectivity index (χ0n) is 7.68. The molecule has 0 bridgehead atoms. The maximum absolute atomic E-state index is 11.5. The predicted molar refractivity (Wildman–Crippen MR) is 47.7 cm³/mol. The molecule has 0 aromatic heterocycles. The minimum Gasteiger partial charge on any atom is -0.353 e. The van der Waals surface area contributed by atoms with Gasteiger partial charge in [0.1, 0.15) is 0 Å². The Morgan fingerprint density at radius 1 is 1.33 bits per heavy atom. The first-order valence-electron chi connectivity index (χ1n) is 5.08. The lowest BCUT2D eigenvalue weighted by Gasteiger charge is -2.27. The maximum atomic E-state index is 11.5. The SMILES string of the molecule is CC(C(=O)NC1CCC1)C1CC1. The smallest absolute Gasteiger partial charge is 0.223 e. The minimum absolute atomic E-state index is 0.269. The number of rotatable bonds is 3. The van der Waals surface area contributed by atoms with Crippen molar-refractivity contribution >= 4 is 5.91 Å². The van der Waals surface area contributed by atoms with Crippen LogP contribution < -0.4 is 5.32 Å². The van der Waals surface area contributed by atoms with Gasteiger partial charge < -0.3 is 5.32 Å². The molecule has 0 heterocycles. The third kappa shape index (κ3) is 1.62. The van der Waals surface area contributed by atoms with E-state index in [0.29, 0.717) is 17.9 Å². The highest BCUT2D eigenvalue weighted by molar-refractivity contribution is 5.79. The number of carbonyl (C=O) groups excluding carboxylic acids is 1. The number of nitrogens with one attached hydrogen (secondary N) is 1. The lowest BCUT2D eigenvalue weighted by atomic mass is 9.92. The van der Waals surface area contributed by atoms with Crippen molar-refractivity contribution in [1.29, 1.82) is 0 Å². The summed E-state index contributed by atoms with van der Waals surface area (Å²) in [6.45, 7) is 2.06. The standard InChI is InChI=1S/C10H17NO/c1-7(8-5-6-8)10(12)11-9-3-2-4-9/h7-9H,2-6H2,1H3,(H,11,12). The van der Waals surface area contributed by atoms with Gasteiger partial charge in [-0.15, -0.1) is 0 Å². The summed E-state index contributed by atoms with van der Waals surface area (Å²) >= 11 is 0. The summed E-state index contributed by atoms with van der Waals surface area (Å²) in [6, 6.07) is 0.513. The van der Waals surface area contributed by atoms with E-state index >= 15 is 0 Å². The number of hydrogen-bond acceptors (Lipinski definition) is 1. The molecule has 12 heavy (non-hydrogen) atoms. The van der Waals surface area contributed by atoms with Crippen LogP contribution in [0, 0.1) is 11.8 Å². The van der Waals surface area contributed by atoms with Gasteiger partial charge in [0.05, 0.1) is 0 Å². The van der Waals surface area contributed by atoms with E-state index in [9.17, 15) is 4.79 Å². The Kier molecular flexibility index (Phi) is 2.07. The second kappa shape index (κ2) is 3.08. The summed E-state index contributed by atoms with van der Waals surface area (Å²) in [5.41, 5.74) is 0. The van der Waals surface area contributed by atoms with Crippen LogP contribution in [0.3, 0.4) is 0 Å². The molecule has 68 valence electrons. The average Bonchev–Trinajstić information content (AvgIpc) is 2.77. The van der Waals surface area contributed by atoms with E-state index in [-0.39, 0.29) is 5.92 Å². The van der Waals surface area contributed by atoms with E-state index < -0.39 is 0 Å². The second-order valence-electron chi connectivity index (χ2n) is 4.26. The quantitative estimate of drug-likeness (QED) is 0.681. The number of hydrogen-bond donors (Lipinski definition) is 1. The van der Waals surface area contributed by atoms with Gasteiger partial charge in [0.25, 0.3) is 0 Å².